The summed E-state index contributed by atoms with van der Waals surface area (Å²) in [6, 6.07) is 2.08. The van der Waals surface area contributed by atoms with E-state index in [1.165, 1.54) is 6.42 Å². The van der Waals surface area contributed by atoms with E-state index in [4.69, 9.17) is 5.73 Å². The lowest BCUT2D eigenvalue weighted by Gasteiger charge is -2.37. The Hall–Kier alpha value is -1.29. The van der Waals surface area contributed by atoms with Crippen LogP contribution in [0.4, 0.5) is 11.4 Å². The van der Waals surface area contributed by atoms with E-state index in [0.717, 1.165) is 24.9 Å². The molecule has 4 heteroatoms. The molecule has 0 radical (unpaired) electrons. The lowest BCUT2D eigenvalue weighted by molar-refractivity contribution is 0.106. The molecule has 2 rings (SSSR count). The smallest absolute Gasteiger partial charge is 0.0743 e. The molecule has 1 aromatic heterocycles. The van der Waals surface area contributed by atoms with Gasteiger partial charge in [0.25, 0.3) is 0 Å². The Bertz CT molecular complexity index is 356. The number of likely N-dealkylation sites (N-methyl/N-ethyl adjacent to an activating group) is 1. The fourth-order valence-electron chi connectivity index (χ4n) is 2.44. The molecule has 1 saturated carbocycles. The van der Waals surface area contributed by atoms with Gasteiger partial charge in [-0.05, 0) is 18.9 Å². The van der Waals surface area contributed by atoms with E-state index < -0.39 is 0 Å². The van der Waals surface area contributed by atoms with Crippen LogP contribution >= 0.6 is 0 Å². The number of nitrogens with zero attached hydrogens (tertiary/aromatic N) is 2. The first kappa shape index (κ1) is 11.2. The van der Waals surface area contributed by atoms with Crippen LogP contribution in [0, 0.1) is 0 Å². The highest BCUT2D eigenvalue weighted by atomic mass is 16.3. The summed E-state index contributed by atoms with van der Waals surface area (Å²) in [6.07, 6.45) is 7.36. The van der Waals surface area contributed by atoms with Crippen LogP contribution in [-0.4, -0.2) is 29.3 Å². The highest BCUT2D eigenvalue weighted by molar-refractivity contribution is 5.66. The molecule has 2 unspecified atom stereocenters. The molecule has 4 nitrogen and oxygen atoms in total. The van der Waals surface area contributed by atoms with Crippen LogP contribution in [-0.2, 0) is 0 Å². The largest absolute Gasteiger partial charge is 0.396 e. The molecule has 0 bridgehead atoms. The number of aliphatic hydroxyl groups excluding tert-OH is 1. The van der Waals surface area contributed by atoms with Crippen molar-refractivity contribution in [2.45, 2.75) is 37.8 Å². The van der Waals surface area contributed by atoms with Crippen molar-refractivity contribution in [2.75, 3.05) is 17.7 Å². The minimum Gasteiger partial charge on any atom is -0.396 e. The van der Waals surface area contributed by atoms with Crippen molar-refractivity contribution < 1.29 is 5.11 Å². The van der Waals surface area contributed by atoms with Crippen LogP contribution in [0.1, 0.15) is 25.7 Å². The van der Waals surface area contributed by atoms with Crippen molar-refractivity contribution in [3.8, 4) is 0 Å². The predicted molar refractivity (Wildman–Crippen MR) is 65.3 cm³/mol. The van der Waals surface area contributed by atoms with Crippen LogP contribution in [0.15, 0.2) is 18.5 Å². The number of hydrogen-bond acceptors (Lipinski definition) is 4. The van der Waals surface area contributed by atoms with E-state index in [1.54, 1.807) is 12.4 Å². The fraction of sp³-hybridized carbons (Fsp3) is 0.583. The first-order valence-electron chi connectivity index (χ1n) is 5.80. The second kappa shape index (κ2) is 4.70. The van der Waals surface area contributed by atoms with Crippen molar-refractivity contribution in [2.24, 2.45) is 0 Å². The molecule has 1 aliphatic rings. The summed E-state index contributed by atoms with van der Waals surface area (Å²) in [6.45, 7) is 0. The van der Waals surface area contributed by atoms with Gasteiger partial charge in [-0.25, -0.2) is 0 Å². The summed E-state index contributed by atoms with van der Waals surface area (Å²) >= 11 is 0. The first-order valence-corrected chi connectivity index (χ1v) is 5.80. The molecule has 1 aliphatic carbocycles. The highest BCUT2D eigenvalue weighted by Crippen LogP contribution is 2.29. The monoisotopic (exact) mass is 221 g/mol. The van der Waals surface area contributed by atoms with Gasteiger partial charge in [0.15, 0.2) is 0 Å². The molecular formula is C12H19N3O. The molecule has 16 heavy (non-hydrogen) atoms. The van der Waals surface area contributed by atoms with E-state index in [9.17, 15) is 5.11 Å². The summed E-state index contributed by atoms with van der Waals surface area (Å²) < 4.78 is 0. The second-order valence-corrected chi connectivity index (χ2v) is 4.46. The maximum absolute atomic E-state index is 9.99. The topological polar surface area (TPSA) is 62.4 Å². The van der Waals surface area contributed by atoms with E-state index in [0.29, 0.717) is 5.69 Å². The average molecular weight is 221 g/mol. The number of aliphatic hydroxyl groups is 1. The summed E-state index contributed by atoms with van der Waals surface area (Å²) in [5.41, 5.74) is 7.52. The van der Waals surface area contributed by atoms with Crippen molar-refractivity contribution in [3.63, 3.8) is 0 Å². The molecule has 0 spiro atoms. The maximum atomic E-state index is 9.99. The Labute approximate surface area is 96.1 Å². The minimum absolute atomic E-state index is 0.179. The Morgan fingerprint density at radius 2 is 2.19 bits per heavy atom. The van der Waals surface area contributed by atoms with Gasteiger partial charge in [0, 0.05) is 13.2 Å². The molecular weight excluding hydrogens is 202 g/mol. The highest BCUT2D eigenvalue weighted by Gasteiger charge is 2.27. The van der Waals surface area contributed by atoms with Crippen molar-refractivity contribution in [1.29, 1.82) is 0 Å². The SMILES string of the molecule is CN(c1ccncc1N)C1CCCCC1O. The second-order valence-electron chi connectivity index (χ2n) is 4.46. The van der Waals surface area contributed by atoms with Crippen LogP contribution in [0.5, 0.6) is 0 Å². The number of pyridine rings is 1. The Balaban J connectivity index is 2.17. The molecule has 1 heterocycles. The third-order valence-corrected chi connectivity index (χ3v) is 3.40. The van der Waals surface area contributed by atoms with E-state index in [2.05, 4.69) is 9.88 Å². The summed E-state index contributed by atoms with van der Waals surface area (Å²) in [5.74, 6) is 0. The van der Waals surface area contributed by atoms with Crippen molar-refractivity contribution in [3.05, 3.63) is 18.5 Å². The van der Waals surface area contributed by atoms with Gasteiger partial charge in [-0.1, -0.05) is 12.8 Å². The van der Waals surface area contributed by atoms with Gasteiger partial charge in [-0.3, -0.25) is 4.98 Å². The number of nitrogen functional groups attached to an aromatic ring is 1. The summed E-state index contributed by atoms with van der Waals surface area (Å²) in [5, 5.41) is 9.99. The molecule has 3 N–H and O–H groups in total. The van der Waals surface area contributed by atoms with E-state index >= 15 is 0 Å². The Morgan fingerprint density at radius 1 is 1.44 bits per heavy atom. The van der Waals surface area contributed by atoms with Gasteiger partial charge in [-0.15, -0.1) is 0 Å². The molecule has 0 aliphatic heterocycles. The fourth-order valence-corrected chi connectivity index (χ4v) is 2.44. The third-order valence-electron chi connectivity index (χ3n) is 3.40. The maximum Gasteiger partial charge on any atom is 0.0743 e. The zero-order valence-corrected chi connectivity index (χ0v) is 9.63. The molecule has 0 amide bonds. The molecule has 0 saturated heterocycles. The number of anilines is 2. The molecule has 1 aromatic rings. The van der Waals surface area contributed by atoms with Crippen LogP contribution in [0.25, 0.3) is 0 Å². The van der Waals surface area contributed by atoms with Gasteiger partial charge in [-0.2, -0.15) is 0 Å². The van der Waals surface area contributed by atoms with Crippen LogP contribution in [0.2, 0.25) is 0 Å². The summed E-state index contributed by atoms with van der Waals surface area (Å²) in [4.78, 5) is 6.06. The van der Waals surface area contributed by atoms with Crippen LogP contribution in [0.3, 0.4) is 0 Å². The Morgan fingerprint density at radius 3 is 2.88 bits per heavy atom. The lowest BCUT2D eigenvalue weighted by atomic mass is 9.91. The minimum atomic E-state index is -0.244. The van der Waals surface area contributed by atoms with Crippen LogP contribution < -0.4 is 10.6 Å². The number of nitrogens with two attached hydrogens (primary N) is 1. The van der Waals surface area contributed by atoms with Gasteiger partial charge in [0.1, 0.15) is 0 Å². The number of rotatable bonds is 2. The van der Waals surface area contributed by atoms with Crippen molar-refractivity contribution in [1.82, 2.24) is 4.98 Å². The number of aromatic nitrogens is 1. The van der Waals surface area contributed by atoms with Gasteiger partial charge in [0.2, 0.25) is 0 Å². The van der Waals surface area contributed by atoms with E-state index in [-0.39, 0.29) is 12.1 Å². The van der Waals surface area contributed by atoms with Gasteiger partial charge < -0.3 is 15.7 Å². The van der Waals surface area contributed by atoms with E-state index in [1.807, 2.05) is 13.1 Å². The zero-order valence-electron chi connectivity index (χ0n) is 9.63. The van der Waals surface area contributed by atoms with Gasteiger partial charge >= 0.3 is 0 Å². The molecule has 2 atom stereocenters. The number of hydrogen-bond donors (Lipinski definition) is 2. The standard InChI is InChI=1S/C12H19N3O/c1-15(10-6-7-14-8-9(10)13)11-4-2-3-5-12(11)16/h6-8,11-12,16H,2-5,13H2,1H3. The molecule has 88 valence electrons. The summed E-state index contributed by atoms with van der Waals surface area (Å²) in [7, 11) is 1.99. The first-order chi connectivity index (χ1) is 7.70. The molecule has 0 aromatic carbocycles. The zero-order chi connectivity index (χ0) is 11.5. The quantitative estimate of drug-likeness (QED) is 0.792. The normalized spacial score (nSPS) is 25.4. The average Bonchev–Trinajstić information content (AvgIpc) is 2.29. The third kappa shape index (κ3) is 2.11. The lowest BCUT2D eigenvalue weighted by Crippen LogP contribution is -2.43. The molecule has 1 fully saturated rings. The Kier molecular flexibility index (Phi) is 3.29. The van der Waals surface area contributed by atoms with Crippen molar-refractivity contribution >= 4 is 11.4 Å². The predicted octanol–water partition coefficient (Wildman–Crippen LogP) is 1.40. The van der Waals surface area contributed by atoms with Gasteiger partial charge in [0.05, 0.1) is 29.7 Å².